The molecule has 0 amide bonds. The highest BCUT2D eigenvalue weighted by atomic mass is 32.1. The number of nitrogens with one attached hydrogen (secondary N) is 1. The SMILES string of the molecule is Cc1ccc(Cn2c(Nc3ccc(Oc4ncc(C)s4)cc3)nc(=O)n([C@@H](C)[C@@H](C)C(=O)O)c2=O)cc1. The smallest absolute Gasteiger partial charge is 0.355 e. The van der Waals surface area contributed by atoms with Gasteiger partial charge in [0.2, 0.25) is 5.95 Å². The lowest BCUT2D eigenvalue weighted by Crippen LogP contribution is -2.46. The van der Waals surface area contributed by atoms with Crippen molar-refractivity contribution < 1.29 is 14.6 Å². The summed E-state index contributed by atoms with van der Waals surface area (Å²) < 4.78 is 7.97. The largest absolute Gasteiger partial charge is 0.481 e. The molecule has 0 spiro atoms. The molecule has 4 rings (SSSR count). The summed E-state index contributed by atoms with van der Waals surface area (Å²) in [5.41, 5.74) is 0.993. The number of aryl methyl sites for hydroxylation is 2. The minimum absolute atomic E-state index is 0.0474. The highest BCUT2D eigenvalue weighted by molar-refractivity contribution is 7.13. The number of rotatable bonds is 9. The van der Waals surface area contributed by atoms with Crippen LogP contribution in [0.4, 0.5) is 11.6 Å². The number of hydrogen-bond acceptors (Lipinski definition) is 8. The van der Waals surface area contributed by atoms with Gasteiger partial charge in [-0.2, -0.15) is 4.98 Å². The van der Waals surface area contributed by atoms with Crippen LogP contribution in [-0.4, -0.2) is 30.2 Å². The topological polar surface area (TPSA) is 128 Å². The number of ether oxygens (including phenoxy) is 1. The zero-order chi connectivity index (χ0) is 26.7. The standard InChI is InChI=1S/C26H27N5O5S/c1-15-5-7-19(8-6-15)14-30-23(29-24(34)31(26(30)35)18(4)17(3)22(32)33)28-20-9-11-21(12-10-20)36-25-27-13-16(2)37-25/h5-13,17-18H,14H2,1-4H3,(H,32,33)(H,28,29,34)/t17-,18+/m1/s1. The van der Waals surface area contributed by atoms with Crippen molar-refractivity contribution in [1.82, 2.24) is 19.1 Å². The van der Waals surface area contributed by atoms with E-state index in [4.69, 9.17) is 4.74 Å². The first kappa shape index (κ1) is 25.8. The summed E-state index contributed by atoms with van der Waals surface area (Å²) in [6, 6.07) is 13.7. The van der Waals surface area contributed by atoms with Crippen molar-refractivity contribution >= 4 is 28.9 Å². The van der Waals surface area contributed by atoms with Crippen LogP contribution in [0.5, 0.6) is 10.9 Å². The zero-order valence-corrected chi connectivity index (χ0v) is 21.7. The van der Waals surface area contributed by atoms with Gasteiger partial charge in [0.25, 0.3) is 5.19 Å². The second-order valence-corrected chi connectivity index (χ2v) is 10.00. The van der Waals surface area contributed by atoms with Crippen LogP contribution in [0.2, 0.25) is 0 Å². The summed E-state index contributed by atoms with van der Waals surface area (Å²) in [7, 11) is 0. The van der Waals surface area contributed by atoms with Crippen LogP contribution in [0.1, 0.15) is 35.9 Å². The Bertz CT molecular complexity index is 1520. The van der Waals surface area contributed by atoms with Crippen molar-refractivity contribution in [3.05, 3.63) is 91.7 Å². The second kappa shape index (κ2) is 10.8. The predicted octanol–water partition coefficient (Wildman–Crippen LogP) is 4.34. The molecule has 0 aliphatic carbocycles. The van der Waals surface area contributed by atoms with Gasteiger partial charge in [-0.1, -0.05) is 41.2 Å². The molecular weight excluding hydrogens is 494 g/mol. The third-order valence-electron chi connectivity index (χ3n) is 6.00. The average Bonchev–Trinajstić information content (AvgIpc) is 3.27. The Hall–Kier alpha value is -4.25. The van der Waals surface area contributed by atoms with Gasteiger partial charge in [0, 0.05) is 16.8 Å². The van der Waals surface area contributed by atoms with Crippen molar-refractivity contribution in [2.24, 2.45) is 5.92 Å². The van der Waals surface area contributed by atoms with Gasteiger partial charge in [0.15, 0.2) is 0 Å². The van der Waals surface area contributed by atoms with Crippen molar-refractivity contribution in [3.8, 4) is 10.9 Å². The molecular formula is C26H27N5O5S. The maximum absolute atomic E-state index is 13.5. The van der Waals surface area contributed by atoms with Crippen LogP contribution < -0.4 is 21.4 Å². The number of carboxylic acid groups (broad SMARTS) is 1. The maximum Gasteiger partial charge on any atom is 0.355 e. The van der Waals surface area contributed by atoms with E-state index in [-0.39, 0.29) is 12.5 Å². The van der Waals surface area contributed by atoms with Crippen LogP contribution in [0.3, 0.4) is 0 Å². The molecule has 0 saturated carbocycles. The average molecular weight is 522 g/mol. The number of anilines is 2. The summed E-state index contributed by atoms with van der Waals surface area (Å²) in [6.07, 6.45) is 1.73. The van der Waals surface area contributed by atoms with E-state index >= 15 is 0 Å². The van der Waals surface area contributed by atoms with Gasteiger partial charge in [-0.25, -0.2) is 19.1 Å². The fourth-order valence-corrected chi connectivity index (χ4v) is 4.24. The van der Waals surface area contributed by atoms with Crippen LogP contribution in [0.15, 0.2) is 64.3 Å². The van der Waals surface area contributed by atoms with E-state index in [9.17, 15) is 19.5 Å². The van der Waals surface area contributed by atoms with E-state index in [1.165, 1.54) is 29.8 Å². The molecule has 37 heavy (non-hydrogen) atoms. The van der Waals surface area contributed by atoms with Crippen molar-refractivity contribution in [2.75, 3.05) is 5.32 Å². The van der Waals surface area contributed by atoms with E-state index in [1.54, 1.807) is 30.5 Å². The number of carboxylic acids is 1. The number of benzene rings is 2. The van der Waals surface area contributed by atoms with Crippen LogP contribution in [0, 0.1) is 19.8 Å². The zero-order valence-electron chi connectivity index (χ0n) is 20.8. The normalized spacial score (nSPS) is 12.6. The lowest BCUT2D eigenvalue weighted by Gasteiger charge is -2.21. The molecule has 192 valence electrons. The lowest BCUT2D eigenvalue weighted by molar-refractivity contribution is -0.142. The summed E-state index contributed by atoms with van der Waals surface area (Å²) in [5.74, 6) is -1.45. The molecule has 4 aromatic rings. The number of thiazole rings is 1. The van der Waals surface area contributed by atoms with Gasteiger partial charge in [-0.05, 0) is 57.5 Å². The lowest BCUT2D eigenvalue weighted by atomic mass is 10.0. The van der Waals surface area contributed by atoms with Crippen molar-refractivity contribution in [3.63, 3.8) is 0 Å². The van der Waals surface area contributed by atoms with Gasteiger partial charge in [0.1, 0.15) is 5.75 Å². The Morgan fingerprint density at radius 1 is 1.08 bits per heavy atom. The van der Waals surface area contributed by atoms with Gasteiger partial charge in [0.05, 0.1) is 18.5 Å². The molecule has 0 radical (unpaired) electrons. The molecule has 10 nitrogen and oxygen atoms in total. The van der Waals surface area contributed by atoms with Crippen LogP contribution in [0.25, 0.3) is 0 Å². The third kappa shape index (κ3) is 5.95. The molecule has 2 aromatic heterocycles. The van der Waals surface area contributed by atoms with Gasteiger partial charge >= 0.3 is 17.3 Å². The van der Waals surface area contributed by atoms with E-state index in [0.717, 1.165) is 20.6 Å². The Morgan fingerprint density at radius 2 is 1.76 bits per heavy atom. The number of aliphatic carboxylic acids is 1. The molecule has 2 aromatic carbocycles. The van der Waals surface area contributed by atoms with Gasteiger partial charge in [-0.15, -0.1) is 0 Å². The summed E-state index contributed by atoms with van der Waals surface area (Å²) in [6.45, 7) is 7.01. The monoisotopic (exact) mass is 521 g/mol. The molecule has 0 unspecified atom stereocenters. The summed E-state index contributed by atoms with van der Waals surface area (Å²) in [4.78, 5) is 47.3. The van der Waals surface area contributed by atoms with Crippen molar-refractivity contribution in [1.29, 1.82) is 0 Å². The first-order chi connectivity index (χ1) is 17.6. The fraction of sp³-hybridized carbons (Fsp3) is 0.269. The highest BCUT2D eigenvalue weighted by Gasteiger charge is 2.26. The molecule has 11 heteroatoms. The van der Waals surface area contributed by atoms with E-state index < -0.39 is 29.3 Å². The number of aromatic nitrogens is 4. The maximum atomic E-state index is 13.5. The minimum atomic E-state index is -1.11. The molecule has 0 saturated heterocycles. The Morgan fingerprint density at radius 3 is 2.35 bits per heavy atom. The molecule has 2 atom stereocenters. The van der Waals surface area contributed by atoms with Crippen LogP contribution in [-0.2, 0) is 11.3 Å². The second-order valence-electron chi connectivity index (χ2n) is 8.80. The molecule has 0 fully saturated rings. The molecule has 2 N–H and O–H groups in total. The molecule has 0 bridgehead atoms. The highest BCUT2D eigenvalue weighted by Crippen LogP contribution is 2.27. The Kier molecular flexibility index (Phi) is 7.53. The van der Waals surface area contributed by atoms with E-state index in [1.807, 2.05) is 38.1 Å². The summed E-state index contributed by atoms with van der Waals surface area (Å²) >= 11 is 1.43. The quantitative estimate of drug-likeness (QED) is 0.333. The number of nitrogens with zero attached hydrogens (tertiary/aromatic N) is 4. The first-order valence-electron chi connectivity index (χ1n) is 11.6. The third-order valence-corrected chi connectivity index (χ3v) is 6.79. The molecule has 0 aliphatic heterocycles. The first-order valence-corrected chi connectivity index (χ1v) is 12.4. The van der Waals surface area contributed by atoms with Gasteiger partial charge < -0.3 is 15.2 Å². The van der Waals surface area contributed by atoms with E-state index in [0.29, 0.717) is 16.6 Å². The molecule has 0 aliphatic rings. The van der Waals surface area contributed by atoms with Crippen LogP contribution >= 0.6 is 11.3 Å². The Labute approximate surface area is 216 Å². The van der Waals surface area contributed by atoms with Crippen molar-refractivity contribution in [2.45, 2.75) is 40.3 Å². The number of carbonyl (C=O) groups is 1. The van der Waals surface area contributed by atoms with Gasteiger partial charge in [-0.3, -0.25) is 9.36 Å². The predicted molar refractivity (Wildman–Crippen MR) is 141 cm³/mol. The fourth-order valence-electron chi connectivity index (χ4n) is 3.62. The summed E-state index contributed by atoms with van der Waals surface area (Å²) in [5, 5.41) is 13.0. The number of hydrogen-bond donors (Lipinski definition) is 2. The minimum Gasteiger partial charge on any atom is -0.481 e. The van der Waals surface area contributed by atoms with E-state index in [2.05, 4.69) is 15.3 Å². The Balaban J connectivity index is 1.70. The molecule has 2 heterocycles.